The van der Waals surface area contributed by atoms with E-state index in [0.717, 1.165) is 4.47 Å². The average Bonchev–Trinajstić information content (AvgIpc) is 3.08. The van der Waals surface area contributed by atoms with Crippen LogP contribution in [-0.2, 0) is 0 Å². The molecule has 0 N–H and O–H groups in total. The summed E-state index contributed by atoms with van der Waals surface area (Å²) in [6, 6.07) is 8.42. The van der Waals surface area contributed by atoms with Crippen LogP contribution >= 0.6 is 15.9 Å². The maximum Gasteiger partial charge on any atom is 0.266 e. The standard InChI is InChI=1S/C18H16BrF2N5O/c1-11-6-15(26-17(24-11)22-10-23-26)13-7-18(20,21)9-25(8-13)16(27)12-2-4-14(19)5-3-12/h2-6,10,13H,7-9H2,1H3/t13-/m0/s1. The third-order valence-corrected chi connectivity index (χ3v) is 5.14. The Labute approximate surface area is 162 Å². The maximum absolute atomic E-state index is 14.5. The van der Waals surface area contributed by atoms with E-state index < -0.39 is 24.3 Å². The second-order valence-electron chi connectivity index (χ2n) is 6.74. The zero-order valence-electron chi connectivity index (χ0n) is 14.4. The van der Waals surface area contributed by atoms with Gasteiger partial charge in [-0.1, -0.05) is 15.9 Å². The fourth-order valence-electron chi connectivity index (χ4n) is 3.48. The lowest BCUT2D eigenvalue weighted by atomic mass is 9.91. The number of aromatic nitrogens is 4. The number of hydrogen-bond donors (Lipinski definition) is 0. The van der Waals surface area contributed by atoms with Crippen molar-refractivity contribution in [1.29, 1.82) is 0 Å². The van der Waals surface area contributed by atoms with Crippen LogP contribution in [0.2, 0.25) is 0 Å². The summed E-state index contributed by atoms with van der Waals surface area (Å²) in [6.07, 6.45) is 0.993. The zero-order chi connectivity index (χ0) is 19.2. The Morgan fingerprint density at radius 3 is 2.78 bits per heavy atom. The molecular weight excluding hydrogens is 420 g/mol. The monoisotopic (exact) mass is 435 g/mol. The first-order valence-corrected chi connectivity index (χ1v) is 9.22. The Hall–Kier alpha value is -2.42. The van der Waals surface area contributed by atoms with Crippen molar-refractivity contribution in [2.24, 2.45) is 0 Å². The molecule has 2 aromatic heterocycles. The van der Waals surface area contributed by atoms with E-state index in [-0.39, 0.29) is 13.0 Å². The van der Waals surface area contributed by atoms with E-state index in [1.807, 2.05) is 0 Å². The quantitative estimate of drug-likeness (QED) is 0.618. The predicted octanol–water partition coefficient (Wildman–Crippen LogP) is 3.46. The molecule has 1 amide bonds. The molecule has 0 saturated carbocycles. The molecule has 1 saturated heterocycles. The van der Waals surface area contributed by atoms with Gasteiger partial charge in [-0.3, -0.25) is 4.79 Å². The number of benzene rings is 1. The fourth-order valence-corrected chi connectivity index (χ4v) is 3.74. The van der Waals surface area contributed by atoms with Gasteiger partial charge in [-0.25, -0.2) is 18.3 Å². The third-order valence-electron chi connectivity index (χ3n) is 4.61. The van der Waals surface area contributed by atoms with Crippen molar-refractivity contribution < 1.29 is 13.6 Å². The van der Waals surface area contributed by atoms with Crippen molar-refractivity contribution in [2.75, 3.05) is 13.1 Å². The molecular formula is C18H16BrF2N5O. The molecule has 27 heavy (non-hydrogen) atoms. The van der Waals surface area contributed by atoms with Gasteiger partial charge in [-0.15, -0.1) is 0 Å². The summed E-state index contributed by atoms with van der Waals surface area (Å²) >= 11 is 3.31. The van der Waals surface area contributed by atoms with Crippen LogP contribution < -0.4 is 0 Å². The summed E-state index contributed by atoms with van der Waals surface area (Å²) in [6.45, 7) is 1.37. The number of carbonyl (C=O) groups excluding carboxylic acids is 1. The molecule has 1 atom stereocenters. The van der Waals surface area contributed by atoms with E-state index in [4.69, 9.17) is 0 Å². The molecule has 1 fully saturated rings. The Morgan fingerprint density at radius 1 is 1.30 bits per heavy atom. The van der Waals surface area contributed by atoms with Crippen molar-refractivity contribution in [1.82, 2.24) is 24.5 Å². The molecule has 1 aromatic carbocycles. The first kappa shape index (κ1) is 18.0. The molecule has 9 heteroatoms. The van der Waals surface area contributed by atoms with Crippen molar-refractivity contribution in [3.05, 3.63) is 58.1 Å². The van der Waals surface area contributed by atoms with Gasteiger partial charge >= 0.3 is 0 Å². The number of rotatable bonds is 2. The Bertz CT molecular complexity index is 1000. The van der Waals surface area contributed by atoms with Gasteiger partial charge in [0.2, 0.25) is 0 Å². The number of fused-ring (bicyclic) bond motifs is 1. The molecule has 6 nitrogen and oxygen atoms in total. The molecule has 0 aliphatic carbocycles. The SMILES string of the molecule is Cc1cc([C@@H]2CN(C(=O)c3ccc(Br)cc3)CC(F)(F)C2)n2ncnc2n1. The number of amides is 1. The van der Waals surface area contributed by atoms with Gasteiger partial charge in [0.25, 0.3) is 17.6 Å². The second-order valence-corrected chi connectivity index (χ2v) is 7.66. The van der Waals surface area contributed by atoms with Crippen molar-refractivity contribution in [3.8, 4) is 0 Å². The molecule has 3 heterocycles. The van der Waals surface area contributed by atoms with Gasteiger partial charge in [0.05, 0.1) is 12.2 Å². The van der Waals surface area contributed by atoms with Crippen LogP contribution in [0.15, 0.2) is 41.1 Å². The van der Waals surface area contributed by atoms with Gasteiger partial charge < -0.3 is 4.90 Å². The minimum absolute atomic E-state index is 0.183. The highest BCUT2D eigenvalue weighted by Gasteiger charge is 2.43. The van der Waals surface area contributed by atoms with Crippen LogP contribution in [0.25, 0.3) is 5.78 Å². The molecule has 3 aromatic rings. The number of hydrogen-bond acceptors (Lipinski definition) is 4. The van der Waals surface area contributed by atoms with E-state index in [2.05, 4.69) is 31.0 Å². The van der Waals surface area contributed by atoms with E-state index in [1.54, 1.807) is 37.3 Å². The normalized spacial score (nSPS) is 19.4. The minimum Gasteiger partial charge on any atom is -0.332 e. The summed E-state index contributed by atoms with van der Waals surface area (Å²) in [5.41, 5.74) is 1.64. The van der Waals surface area contributed by atoms with Gasteiger partial charge in [0.15, 0.2) is 0 Å². The third kappa shape index (κ3) is 3.55. The Kier molecular flexibility index (Phi) is 4.41. The van der Waals surface area contributed by atoms with E-state index in [1.165, 1.54) is 15.7 Å². The number of piperidine rings is 1. The van der Waals surface area contributed by atoms with Gasteiger partial charge in [-0.2, -0.15) is 10.1 Å². The smallest absolute Gasteiger partial charge is 0.266 e. The predicted molar refractivity (Wildman–Crippen MR) is 97.9 cm³/mol. The first-order valence-electron chi connectivity index (χ1n) is 8.42. The molecule has 0 unspecified atom stereocenters. The van der Waals surface area contributed by atoms with Gasteiger partial charge in [-0.05, 0) is 37.3 Å². The van der Waals surface area contributed by atoms with Gasteiger partial charge in [0, 0.05) is 34.6 Å². The average molecular weight is 436 g/mol. The van der Waals surface area contributed by atoms with Crippen LogP contribution in [0.3, 0.4) is 0 Å². The highest BCUT2D eigenvalue weighted by molar-refractivity contribution is 9.10. The number of nitrogens with zero attached hydrogens (tertiary/aromatic N) is 5. The highest BCUT2D eigenvalue weighted by Crippen LogP contribution is 2.36. The summed E-state index contributed by atoms with van der Waals surface area (Å²) in [7, 11) is 0. The first-order chi connectivity index (χ1) is 12.8. The number of likely N-dealkylation sites (tertiary alicyclic amines) is 1. The highest BCUT2D eigenvalue weighted by atomic mass is 79.9. The summed E-state index contributed by atoms with van der Waals surface area (Å²) in [5.74, 6) is -3.60. The van der Waals surface area contributed by atoms with Gasteiger partial charge in [0.1, 0.15) is 6.33 Å². The van der Waals surface area contributed by atoms with Crippen molar-refractivity contribution >= 4 is 27.6 Å². The van der Waals surface area contributed by atoms with Crippen LogP contribution in [-0.4, -0.2) is 49.4 Å². The van der Waals surface area contributed by atoms with Crippen molar-refractivity contribution in [3.63, 3.8) is 0 Å². The number of halogens is 3. The molecule has 4 rings (SSSR count). The molecule has 0 radical (unpaired) electrons. The fraction of sp³-hybridized carbons (Fsp3) is 0.333. The van der Waals surface area contributed by atoms with Crippen LogP contribution in [0.5, 0.6) is 0 Å². The largest absolute Gasteiger partial charge is 0.332 e. The molecule has 0 spiro atoms. The summed E-state index contributed by atoms with van der Waals surface area (Å²) in [4.78, 5) is 22.3. The van der Waals surface area contributed by atoms with E-state index in [0.29, 0.717) is 22.7 Å². The number of alkyl halides is 2. The van der Waals surface area contributed by atoms with Crippen LogP contribution in [0.1, 0.15) is 34.1 Å². The second kappa shape index (κ2) is 6.63. The molecule has 140 valence electrons. The summed E-state index contributed by atoms with van der Waals surface area (Å²) < 4.78 is 31.3. The Morgan fingerprint density at radius 2 is 2.04 bits per heavy atom. The van der Waals surface area contributed by atoms with Crippen LogP contribution in [0, 0.1) is 6.92 Å². The molecule has 0 bridgehead atoms. The number of carbonyl (C=O) groups is 1. The molecule has 1 aliphatic rings. The van der Waals surface area contributed by atoms with E-state index >= 15 is 0 Å². The zero-order valence-corrected chi connectivity index (χ0v) is 16.0. The summed E-state index contributed by atoms with van der Waals surface area (Å²) in [5, 5.41) is 4.11. The molecule has 1 aliphatic heterocycles. The lowest BCUT2D eigenvalue weighted by Gasteiger charge is -2.37. The van der Waals surface area contributed by atoms with Crippen LogP contribution in [0.4, 0.5) is 8.78 Å². The maximum atomic E-state index is 14.5. The van der Waals surface area contributed by atoms with Crippen molar-refractivity contribution in [2.45, 2.75) is 25.2 Å². The van der Waals surface area contributed by atoms with E-state index in [9.17, 15) is 13.6 Å². The lowest BCUT2D eigenvalue weighted by molar-refractivity contribution is -0.0641. The topological polar surface area (TPSA) is 63.4 Å². The number of aryl methyl sites for hydroxylation is 1. The lowest BCUT2D eigenvalue weighted by Crippen LogP contribution is -2.49. The Balaban J connectivity index is 1.69. The minimum atomic E-state index is -2.99.